The summed E-state index contributed by atoms with van der Waals surface area (Å²) in [6.07, 6.45) is 0. The second-order valence-electron chi connectivity index (χ2n) is 3.91. The van der Waals surface area contributed by atoms with Crippen molar-refractivity contribution in [3.63, 3.8) is 0 Å². The number of nitrogens with zero attached hydrogens (tertiary/aromatic N) is 1. The SMILES string of the molecule is CC(=O)c1cccc(F)c1Oc1cccc(C#N)c1. The number of rotatable bonds is 3. The van der Waals surface area contributed by atoms with Gasteiger partial charge in [-0.2, -0.15) is 5.26 Å². The summed E-state index contributed by atoms with van der Waals surface area (Å²) in [7, 11) is 0. The first-order valence-electron chi connectivity index (χ1n) is 5.59. The summed E-state index contributed by atoms with van der Waals surface area (Å²) in [5.74, 6) is -0.710. The van der Waals surface area contributed by atoms with Crippen molar-refractivity contribution >= 4 is 5.78 Å². The Morgan fingerprint density at radius 2 is 2.00 bits per heavy atom. The van der Waals surface area contributed by atoms with Crippen LogP contribution in [0.2, 0.25) is 0 Å². The lowest BCUT2D eigenvalue weighted by Gasteiger charge is -2.10. The smallest absolute Gasteiger partial charge is 0.173 e. The highest BCUT2D eigenvalue weighted by Crippen LogP contribution is 2.29. The average molecular weight is 255 g/mol. The van der Waals surface area contributed by atoms with Crippen molar-refractivity contribution in [1.82, 2.24) is 0 Å². The Kier molecular flexibility index (Phi) is 3.58. The van der Waals surface area contributed by atoms with E-state index in [0.29, 0.717) is 11.3 Å². The quantitative estimate of drug-likeness (QED) is 0.786. The molecule has 2 aromatic rings. The predicted octanol–water partition coefficient (Wildman–Crippen LogP) is 3.69. The number of para-hydroxylation sites is 1. The van der Waals surface area contributed by atoms with Crippen LogP contribution in [0.15, 0.2) is 42.5 Å². The van der Waals surface area contributed by atoms with Crippen LogP contribution < -0.4 is 4.74 Å². The van der Waals surface area contributed by atoms with Gasteiger partial charge >= 0.3 is 0 Å². The summed E-state index contributed by atoms with van der Waals surface area (Å²) < 4.78 is 19.1. The Morgan fingerprint density at radius 3 is 2.68 bits per heavy atom. The summed E-state index contributed by atoms with van der Waals surface area (Å²) in [5, 5.41) is 8.79. The van der Waals surface area contributed by atoms with Gasteiger partial charge in [-0.25, -0.2) is 4.39 Å². The number of hydrogen-bond acceptors (Lipinski definition) is 3. The van der Waals surface area contributed by atoms with Gasteiger partial charge in [-0.3, -0.25) is 4.79 Å². The Balaban J connectivity index is 2.43. The van der Waals surface area contributed by atoms with E-state index < -0.39 is 5.82 Å². The molecule has 94 valence electrons. The van der Waals surface area contributed by atoms with Crippen LogP contribution in [-0.2, 0) is 0 Å². The largest absolute Gasteiger partial charge is 0.453 e. The van der Waals surface area contributed by atoms with Crippen LogP contribution in [0.25, 0.3) is 0 Å². The van der Waals surface area contributed by atoms with Gasteiger partial charge in [0, 0.05) is 0 Å². The van der Waals surface area contributed by atoms with Crippen LogP contribution in [0.4, 0.5) is 4.39 Å². The Bertz CT molecular complexity index is 674. The van der Waals surface area contributed by atoms with E-state index in [4.69, 9.17) is 10.00 Å². The highest BCUT2D eigenvalue weighted by molar-refractivity contribution is 5.96. The molecule has 0 spiro atoms. The van der Waals surface area contributed by atoms with Gasteiger partial charge in [-0.05, 0) is 37.3 Å². The molecule has 0 bridgehead atoms. The highest BCUT2D eigenvalue weighted by atomic mass is 19.1. The third-order valence-corrected chi connectivity index (χ3v) is 2.53. The van der Waals surface area contributed by atoms with E-state index >= 15 is 0 Å². The summed E-state index contributed by atoms with van der Waals surface area (Å²) in [4.78, 5) is 11.4. The van der Waals surface area contributed by atoms with Gasteiger partial charge in [0.1, 0.15) is 5.75 Å². The number of Topliss-reactive ketones (excluding diaryl/α,β-unsaturated/α-hetero) is 1. The average Bonchev–Trinajstić information content (AvgIpc) is 2.41. The molecule has 0 aromatic heterocycles. The summed E-state index contributed by atoms with van der Waals surface area (Å²) in [5.41, 5.74) is 0.570. The molecule has 0 aliphatic heterocycles. The summed E-state index contributed by atoms with van der Waals surface area (Å²) in [6.45, 7) is 1.34. The minimum absolute atomic E-state index is 0.120. The summed E-state index contributed by atoms with van der Waals surface area (Å²) >= 11 is 0. The van der Waals surface area contributed by atoms with E-state index in [2.05, 4.69) is 0 Å². The number of ether oxygens (including phenoxy) is 1. The third kappa shape index (κ3) is 2.78. The molecule has 3 nitrogen and oxygen atoms in total. The van der Waals surface area contributed by atoms with Crippen LogP contribution >= 0.6 is 0 Å². The van der Waals surface area contributed by atoms with E-state index in [1.165, 1.54) is 31.2 Å². The van der Waals surface area contributed by atoms with Crippen LogP contribution in [0, 0.1) is 17.1 Å². The lowest BCUT2D eigenvalue weighted by atomic mass is 10.1. The van der Waals surface area contributed by atoms with Gasteiger partial charge in [0.25, 0.3) is 0 Å². The van der Waals surface area contributed by atoms with E-state index in [-0.39, 0.29) is 17.1 Å². The minimum atomic E-state index is -0.616. The lowest BCUT2D eigenvalue weighted by molar-refractivity contribution is 0.101. The lowest BCUT2D eigenvalue weighted by Crippen LogP contribution is -1.99. The molecule has 2 rings (SSSR count). The molecule has 0 fully saturated rings. The molecule has 0 saturated carbocycles. The molecule has 0 aliphatic carbocycles. The van der Waals surface area contributed by atoms with Crippen molar-refractivity contribution in [3.8, 4) is 17.6 Å². The molecule has 4 heteroatoms. The first-order valence-corrected chi connectivity index (χ1v) is 5.59. The van der Waals surface area contributed by atoms with Gasteiger partial charge in [0.15, 0.2) is 17.3 Å². The van der Waals surface area contributed by atoms with Crippen LogP contribution in [0.3, 0.4) is 0 Å². The zero-order valence-electron chi connectivity index (χ0n) is 10.2. The summed E-state index contributed by atoms with van der Waals surface area (Å²) in [6, 6.07) is 12.4. The number of ketones is 1. The molecule has 0 aliphatic rings. The highest BCUT2D eigenvalue weighted by Gasteiger charge is 2.14. The maximum atomic E-state index is 13.7. The van der Waals surface area contributed by atoms with Gasteiger partial charge in [-0.1, -0.05) is 12.1 Å². The van der Waals surface area contributed by atoms with Gasteiger partial charge < -0.3 is 4.74 Å². The maximum Gasteiger partial charge on any atom is 0.173 e. The fraction of sp³-hybridized carbons (Fsp3) is 0.0667. The van der Waals surface area contributed by atoms with Crippen molar-refractivity contribution in [2.24, 2.45) is 0 Å². The zero-order chi connectivity index (χ0) is 13.8. The van der Waals surface area contributed by atoms with Gasteiger partial charge in [-0.15, -0.1) is 0 Å². The van der Waals surface area contributed by atoms with Gasteiger partial charge in [0.05, 0.1) is 17.2 Å². The van der Waals surface area contributed by atoms with Crippen LogP contribution in [0.1, 0.15) is 22.8 Å². The number of halogens is 1. The fourth-order valence-corrected chi connectivity index (χ4v) is 1.64. The topological polar surface area (TPSA) is 50.1 Å². The molecule has 2 aromatic carbocycles. The molecule has 0 heterocycles. The van der Waals surface area contributed by atoms with E-state index in [0.717, 1.165) is 0 Å². The van der Waals surface area contributed by atoms with Crippen molar-refractivity contribution in [2.75, 3.05) is 0 Å². The second-order valence-corrected chi connectivity index (χ2v) is 3.91. The molecule has 19 heavy (non-hydrogen) atoms. The van der Waals surface area contributed by atoms with Gasteiger partial charge in [0.2, 0.25) is 0 Å². The van der Waals surface area contributed by atoms with Crippen LogP contribution in [-0.4, -0.2) is 5.78 Å². The van der Waals surface area contributed by atoms with E-state index in [1.807, 2.05) is 6.07 Å². The molecular weight excluding hydrogens is 245 g/mol. The van der Waals surface area contributed by atoms with Crippen molar-refractivity contribution in [1.29, 1.82) is 5.26 Å². The molecule has 0 unspecified atom stereocenters. The normalized spacial score (nSPS) is 9.74. The monoisotopic (exact) mass is 255 g/mol. The minimum Gasteiger partial charge on any atom is -0.453 e. The Morgan fingerprint density at radius 1 is 1.26 bits per heavy atom. The predicted molar refractivity (Wildman–Crippen MR) is 67.6 cm³/mol. The number of nitriles is 1. The molecular formula is C15H10FNO2. The molecule has 0 amide bonds. The fourth-order valence-electron chi connectivity index (χ4n) is 1.64. The van der Waals surface area contributed by atoms with E-state index in [9.17, 15) is 9.18 Å². The van der Waals surface area contributed by atoms with Crippen molar-refractivity contribution < 1.29 is 13.9 Å². The van der Waals surface area contributed by atoms with Crippen molar-refractivity contribution in [3.05, 3.63) is 59.4 Å². The zero-order valence-corrected chi connectivity index (χ0v) is 10.2. The second kappa shape index (κ2) is 5.32. The standard InChI is InChI=1S/C15H10FNO2/c1-10(18)13-6-3-7-14(16)15(13)19-12-5-2-4-11(8-12)9-17/h2-8H,1H3. The maximum absolute atomic E-state index is 13.7. The molecule has 0 saturated heterocycles. The first kappa shape index (κ1) is 12.8. The Hall–Kier alpha value is -2.67. The number of carbonyl (C=O) groups is 1. The number of carbonyl (C=O) groups excluding carboxylic acids is 1. The Labute approximate surface area is 109 Å². The number of hydrogen-bond donors (Lipinski definition) is 0. The van der Waals surface area contributed by atoms with E-state index in [1.54, 1.807) is 18.2 Å². The third-order valence-electron chi connectivity index (χ3n) is 2.53. The molecule has 0 N–H and O–H groups in total. The molecule has 0 atom stereocenters. The van der Waals surface area contributed by atoms with Crippen molar-refractivity contribution in [2.45, 2.75) is 6.92 Å². The first-order chi connectivity index (χ1) is 9.11. The van der Waals surface area contributed by atoms with Crippen LogP contribution in [0.5, 0.6) is 11.5 Å². The molecule has 0 radical (unpaired) electrons. The number of benzene rings is 2.